The summed E-state index contributed by atoms with van der Waals surface area (Å²) in [5, 5.41) is 20.7. The monoisotopic (exact) mass is 1680 g/mol. The lowest BCUT2D eigenvalue weighted by atomic mass is 10.0. The van der Waals surface area contributed by atoms with Gasteiger partial charge in [-0.1, -0.05) is 418 Å². The van der Waals surface area contributed by atoms with Crippen molar-refractivity contribution in [1.82, 2.24) is 0 Å². The molecular formula is C99H176O16P2. The van der Waals surface area contributed by atoms with Crippen LogP contribution in [0.2, 0.25) is 0 Å². The first kappa shape index (κ1) is 113. The number of aliphatic hydroxyl groups excluding tert-OH is 2. The minimum absolute atomic E-state index is 0.110. The molecule has 0 bridgehead atoms. The molecule has 0 heterocycles. The van der Waals surface area contributed by atoms with Gasteiger partial charge in [0.05, 0.1) is 26.4 Å². The van der Waals surface area contributed by atoms with Gasteiger partial charge < -0.3 is 34.2 Å². The van der Waals surface area contributed by atoms with Crippen LogP contribution in [0, 0.1) is 0 Å². The first-order valence-electron chi connectivity index (χ1n) is 47.8. The number of unbranched alkanes of at least 4 members (excludes halogenated alkanes) is 48. The predicted octanol–water partition coefficient (Wildman–Crippen LogP) is 29.6. The molecule has 0 spiro atoms. The number of allylic oxidation sites excluding steroid dienone is 20. The molecule has 0 aromatic heterocycles. The topological polar surface area (TPSA) is 231 Å². The van der Waals surface area contributed by atoms with Crippen LogP contribution in [0.25, 0.3) is 0 Å². The molecule has 0 rings (SSSR count). The van der Waals surface area contributed by atoms with Crippen LogP contribution in [0.1, 0.15) is 432 Å². The molecule has 0 fully saturated rings. The molecule has 18 heteroatoms. The molecule has 0 saturated carbocycles. The van der Waals surface area contributed by atoms with E-state index in [1.165, 1.54) is 250 Å². The maximum atomic E-state index is 13.0. The molecule has 678 valence electrons. The van der Waals surface area contributed by atoms with Crippen LogP contribution >= 0.6 is 15.6 Å². The number of carbonyl (C=O) groups is 3. The molecule has 0 radical (unpaired) electrons. The van der Waals surface area contributed by atoms with Gasteiger partial charge in [-0.25, -0.2) is 9.13 Å². The highest BCUT2D eigenvalue weighted by atomic mass is 31.2. The SMILES string of the molecule is CC/C=C\C/C=C\C/C=C\C/C=C\C/C=C\C/C=C\CCCCCCCCCCCCCCCCCCC(=O)OCC(O)COP(=O)(O)OCC(O)COP(=O)(O)OCC(COC(=O)CCCCCCCCCCCCCCCCCCCCC/C=C\C/C=C\C/C=C\C/C=C\CCCCC)OC(=O)CCCCCCCCCCCCC. The average molecular weight is 1680 g/mol. The smallest absolute Gasteiger partial charge is 0.463 e. The van der Waals surface area contributed by atoms with Gasteiger partial charge in [0.25, 0.3) is 0 Å². The zero-order chi connectivity index (χ0) is 85.1. The highest BCUT2D eigenvalue weighted by Crippen LogP contribution is 2.45. The number of hydrogen-bond donors (Lipinski definition) is 4. The third-order valence-corrected chi connectivity index (χ3v) is 22.6. The van der Waals surface area contributed by atoms with Crippen molar-refractivity contribution in [3.63, 3.8) is 0 Å². The summed E-state index contributed by atoms with van der Waals surface area (Å²) in [4.78, 5) is 58.8. The summed E-state index contributed by atoms with van der Waals surface area (Å²) < 4.78 is 61.4. The summed E-state index contributed by atoms with van der Waals surface area (Å²) in [5.74, 6) is -1.55. The molecule has 0 amide bonds. The fourth-order valence-corrected chi connectivity index (χ4v) is 15.0. The number of phosphoric acid groups is 2. The Bertz CT molecular complexity index is 2610. The maximum absolute atomic E-state index is 13.0. The van der Waals surface area contributed by atoms with Crippen LogP contribution in [-0.2, 0) is 55.8 Å². The van der Waals surface area contributed by atoms with E-state index >= 15 is 0 Å². The summed E-state index contributed by atoms with van der Waals surface area (Å²) in [6.07, 6.45) is 113. The van der Waals surface area contributed by atoms with Gasteiger partial charge in [0.1, 0.15) is 25.4 Å². The van der Waals surface area contributed by atoms with Gasteiger partial charge >= 0.3 is 33.6 Å². The van der Waals surface area contributed by atoms with Crippen molar-refractivity contribution >= 4 is 33.6 Å². The summed E-state index contributed by atoms with van der Waals surface area (Å²) in [7, 11) is -9.78. The first-order valence-corrected chi connectivity index (χ1v) is 50.8. The zero-order valence-electron chi connectivity index (χ0n) is 74.9. The van der Waals surface area contributed by atoms with Crippen molar-refractivity contribution in [3.05, 3.63) is 122 Å². The van der Waals surface area contributed by atoms with Crippen LogP contribution in [0.4, 0.5) is 0 Å². The Labute approximate surface area is 716 Å². The summed E-state index contributed by atoms with van der Waals surface area (Å²) in [6.45, 7) is 2.60. The average Bonchev–Trinajstić information content (AvgIpc) is 0.920. The molecule has 4 N–H and O–H groups in total. The lowest BCUT2D eigenvalue weighted by molar-refractivity contribution is -0.161. The summed E-state index contributed by atoms with van der Waals surface area (Å²) in [6, 6.07) is 0. The molecule has 117 heavy (non-hydrogen) atoms. The Morgan fingerprint density at radius 2 is 0.453 bits per heavy atom. The van der Waals surface area contributed by atoms with E-state index in [0.717, 1.165) is 122 Å². The third-order valence-electron chi connectivity index (χ3n) is 20.7. The van der Waals surface area contributed by atoms with Crippen molar-refractivity contribution in [2.24, 2.45) is 0 Å². The van der Waals surface area contributed by atoms with Crippen LogP contribution < -0.4 is 0 Å². The van der Waals surface area contributed by atoms with E-state index in [2.05, 4.69) is 142 Å². The molecule has 0 aromatic carbocycles. The maximum Gasteiger partial charge on any atom is 0.472 e. The number of carbonyl (C=O) groups excluding carboxylic acids is 3. The highest BCUT2D eigenvalue weighted by Gasteiger charge is 2.30. The largest absolute Gasteiger partial charge is 0.472 e. The van der Waals surface area contributed by atoms with Gasteiger partial charge in [-0.15, -0.1) is 0 Å². The molecule has 0 aliphatic heterocycles. The van der Waals surface area contributed by atoms with Crippen molar-refractivity contribution in [2.75, 3.05) is 39.6 Å². The molecular weight excluding hydrogens is 1510 g/mol. The van der Waals surface area contributed by atoms with Crippen LogP contribution in [0.3, 0.4) is 0 Å². The second kappa shape index (κ2) is 91.2. The van der Waals surface area contributed by atoms with Crippen molar-refractivity contribution in [1.29, 1.82) is 0 Å². The van der Waals surface area contributed by atoms with Gasteiger partial charge in [-0.2, -0.15) is 0 Å². The molecule has 0 aromatic rings. The first-order chi connectivity index (χ1) is 57.2. The number of esters is 3. The van der Waals surface area contributed by atoms with E-state index in [4.69, 9.17) is 32.3 Å². The number of ether oxygens (including phenoxy) is 3. The van der Waals surface area contributed by atoms with Crippen LogP contribution in [0.15, 0.2) is 122 Å². The molecule has 0 aliphatic carbocycles. The van der Waals surface area contributed by atoms with Gasteiger partial charge in [-0.05, 0) is 116 Å². The van der Waals surface area contributed by atoms with E-state index in [9.17, 15) is 43.5 Å². The van der Waals surface area contributed by atoms with Crippen molar-refractivity contribution < 1.29 is 75.8 Å². The molecule has 5 atom stereocenters. The minimum Gasteiger partial charge on any atom is -0.463 e. The normalized spacial score (nSPS) is 14.3. The fourth-order valence-electron chi connectivity index (χ4n) is 13.4. The van der Waals surface area contributed by atoms with Gasteiger partial charge in [-0.3, -0.25) is 32.5 Å². The zero-order valence-corrected chi connectivity index (χ0v) is 76.6. The Balaban J connectivity index is 4.29. The number of phosphoric ester groups is 2. The lowest BCUT2D eigenvalue weighted by Crippen LogP contribution is -2.30. The van der Waals surface area contributed by atoms with E-state index in [-0.39, 0.29) is 19.3 Å². The Kier molecular flexibility index (Phi) is 88.0. The van der Waals surface area contributed by atoms with E-state index in [1.807, 2.05) is 0 Å². The van der Waals surface area contributed by atoms with E-state index < -0.39 is 91.5 Å². The number of rotatable bonds is 91. The van der Waals surface area contributed by atoms with Crippen molar-refractivity contribution in [2.45, 2.75) is 450 Å². The minimum atomic E-state index is -4.93. The molecule has 0 saturated heterocycles. The Morgan fingerprint density at radius 1 is 0.248 bits per heavy atom. The predicted molar refractivity (Wildman–Crippen MR) is 491 cm³/mol. The Hall–Kier alpha value is -4.05. The van der Waals surface area contributed by atoms with Gasteiger partial charge in [0, 0.05) is 19.3 Å². The molecule has 0 aliphatic rings. The van der Waals surface area contributed by atoms with Crippen molar-refractivity contribution in [3.8, 4) is 0 Å². The van der Waals surface area contributed by atoms with Crippen LogP contribution in [-0.4, -0.2) is 95.9 Å². The van der Waals surface area contributed by atoms with E-state index in [0.29, 0.717) is 19.3 Å². The van der Waals surface area contributed by atoms with Gasteiger partial charge in [0.15, 0.2) is 6.10 Å². The second-order valence-electron chi connectivity index (χ2n) is 32.1. The summed E-state index contributed by atoms with van der Waals surface area (Å²) in [5.41, 5.74) is 0. The summed E-state index contributed by atoms with van der Waals surface area (Å²) >= 11 is 0. The van der Waals surface area contributed by atoms with E-state index in [1.54, 1.807) is 0 Å². The quantitative estimate of drug-likeness (QED) is 0.0146. The molecule has 5 unspecified atom stereocenters. The highest BCUT2D eigenvalue weighted by molar-refractivity contribution is 7.47. The number of aliphatic hydroxyl groups is 2. The number of hydrogen-bond acceptors (Lipinski definition) is 14. The van der Waals surface area contributed by atoms with Gasteiger partial charge in [0.2, 0.25) is 0 Å². The second-order valence-corrected chi connectivity index (χ2v) is 35.1. The lowest BCUT2D eigenvalue weighted by Gasteiger charge is -2.21. The Morgan fingerprint density at radius 3 is 0.735 bits per heavy atom. The van der Waals surface area contributed by atoms with Crippen LogP contribution in [0.5, 0.6) is 0 Å². The molecule has 16 nitrogen and oxygen atoms in total. The standard InChI is InChI=1S/C99H176O16P2/c1-4-7-10-13-16-19-22-24-26-28-30-32-34-36-38-40-42-44-46-48-50-52-54-56-58-60-62-64-66-68-71-73-76-79-82-85-97(102)109-88-94(100)89-111-116(105,106)112-90-95(101)91-113-117(107,108)114-93-96(115-99(104)87-84-81-78-75-70-21-18-15-12-9-6-3)92-110-98(103)86-83-80-77-74-72-69-67-65-63-61-59-57-55-53-51-49-47-45-43-41-39-37-35-33-31-29-27-25-23-20-17-14-11-8-5-2/h7,10,16-17,19-20,24-27,30-33,36-39,42,44,94-96,100-101H,4-6,8-9,11-15,18,21-23,28-29,34-35,40-41,43,45-93H2,1-3H3,(H,105,106)(H,107,108)/b10-7-,19-16-,20-17-,26-24-,27-25-,32-30-,33-31-,38-36-,39-37-,44-42-. The fraction of sp³-hybridized carbons (Fsp3) is 0.768. The third kappa shape index (κ3) is 92.5.